The lowest BCUT2D eigenvalue weighted by Gasteiger charge is -2.28. The molecule has 0 saturated carbocycles. The number of nitrogens with zero attached hydrogens (tertiary/aromatic N) is 1. The van der Waals surface area contributed by atoms with Crippen LogP contribution in [0.2, 0.25) is 0 Å². The van der Waals surface area contributed by atoms with Gasteiger partial charge in [-0.2, -0.15) is 5.26 Å². The molecule has 0 aromatic carbocycles. The van der Waals surface area contributed by atoms with Crippen LogP contribution in [0.5, 0.6) is 0 Å². The zero-order chi connectivity index (χ0) is 10.6. The standard InChI is InChI=1S/C11H20N2O/c1-9(2)11(3,8-12)13-7-10-5-4-6-14-10/h9-10,13H,4-7H2,1-3H3. The number of nitriles is 1. The summed E-state index contributed by atoms with van der Waals surface area (Å²) in [6.45, 7) is 7.74. The summed E-state index contributed by atoms with van der Waals surface area (Å²) in [7, 11) is 0. The zero-order valence-electron chi connectivity index (χ0n) is 9.34. The van der Waals surface area contributed by atoms with Crippen molar-refractivity contribution in [2.24, 2.45) is 5.92 Å². The molecule has 1 aliphatic heterocycles. The van der Waals surface area contributed by atoms with Crippen LogP contribution < -0.4 is 5.32 Å². The van der Waals surface area contributed by atoms with Crippen LogP contribution in [-0.2, 0) is 4.74 Å². The van der Waals surface area contributed by atoms with Crippen molar-refractivity contribution in [2.75, 3.05) is 13.2 Å². The average molecular weight is 196 g/mol. The fourth-order valence-corrected chi connectivity index (χ4v) is 1.50. The molecule has 1 fully saturated rings. The van der Waals surface area contributed by atoms with Crippen molar-refractivity contribution < 1.29 is 4.74 Å². The molecule has 3 heteroatoms. The second kappa shape index (κ2) is 4.77. The van der Waals surface area contributed by atoms with E-state index in [0.29, 0.717) is 12.0 Å². The summed E-state index contributed by atoms with van der Waals surface area (Å²) in [5.74, 6) is 0.314. The lowest BCUT2D eigenvalue weighted by molar-refractivity contribution is 0.102. The Morgan fingerprint density at radius 2 is 2.36 bits per heavy atom. The molecule has 0 aliphatic carbocycles. The van der Waals surface area contributed by atoms with E-state index >= 15 is 0 Å². The Morgan fingerprint density at radius 1 is 1.64 bits per heavy atom. The molecular weight excluding hydrogens is 176 g/mol. The molecule has 80 valence electrons. The molecule has 2 unspecified atom stereocenters. The van der Waals surface area contributed by atoms with Crippen LogP contribution in [0.15, 0.2) is 0 Å². The lowest BCUT2D eigenvalue weighted by Crippen LogP contribution is -2.48. The Morgan fingerprint density at radius 3 is 2.79 bits per heavy atom. The number of ether oxygens (including phenoxy) is 1. The summed E-state index contributed by atoms with van der Waals surface area (Å²) < 4.78 is 5.50. The van der Waals surface area contributed by atoms with E-state index in [1.165, 1.54) is 0 Å². The second-order valence-electron chi connectivity index (χ2n) is 4.48. The number of hydrogen-bond donors (Lipinski definition) is 1. The molecule has 14 heavy (non-hydrogen) atoms. The fourth-order valence-electron chi connectivity index (χ4n) is 1.50. The van der Waals surface area contributed by atoms with Gasteiger partial charge in [-0.15, -0.1) is 0 Å². The van der Waals surface area contributed by atoms with Crippen molar-refractivity contribution in [1.29, 1.82) is 5.26 Å². The highest BCUT2D eigenvalue weighted by Crippen LogP contribution is 2.17. The third-order valence-corrected chi connectivity index (χ3v) is 3.11. The first-order chi connectivity index (χ1) is 6.58. The molecule has 3 nitrogen and oxygen atoms in total. The number of nitrogens with one attached hydrogen (secondary N) is 1. The Bertz CT molecular complexity index is 216. The summed E-state index contributed by atoms with van der Waals surface area (Å²) in [5, 5.41) is 12.4. The van der Waals surface area contributed by atoms with Gasteiger partial charge in [0.1, 0.15) is 5.54 Å². The van der Waals surface area contributed by atoms with Gasteiger partial charge >= 0.3 is 0 Å². The van der Waals surface area contributed by atoms with Crippen LogP contribution in [0.4, 0.5) is 0 Å². The third kappa shape index (κ3) is 2.70. The minimum absolute atomic E-state index is 0.307. The largest absolute Gasteiger partial charge is 0.377 e. The predicted molar refractivity (Wildman–Crippen MR) is 55.8 cm³/mol. The quantitative estimate of drug-likeness (QED) is 0.744. The minimum atomic E-state index is -0.425. The molecule has 0 bridgehead atoms. The Kier molecular flexibility index (Phi) is 3.91. The number of rotatable bonds is 4. The summed E-state index contributed by atoms with van der Waals surface area (Å²) in [6, 6.07) is 2.34. The van der Waals surface area contributed by atoms with E-state index in [1.54, 1.807) is 0 Å². The van der Waals surface area contributed by atoms with E-state index in [2.05, 4.69) is 25.2 Å². The topological polar surface area (TPSA) is 45.0 Å². The molecular formula is C11H20N2O. The maximum atomic E-state index is 9.08. The van der Waals surface area contributed by atoms with Gasteiger partial charge in [0.25, 0.3) is 0 Å². The Hall–Kier alpha value is -0.590. The Labute approximate surface area is 86.4 Å². The molecule has 0 aromatic heterocycles. The highest BCUT2D eigenvalue weighted by atomic mass is 16.5. The third-order valence-electron chi connectivity index (χ3n) is 3.11. The molecule has 0 aromatic rings. The molecule has 1 aliphatic rings. The van der Waals surface area contributed by atoms with Crippen molar-refractivity contribution in [3.05, 3.63) is 0 Å². The number of hydrogen-bond acceptors (Lipinski definition) is 3. The summed E-state index contributed by atoms with van der Waals surface area (Å²) in [4.78, 5) is 0. The highest BCUT2D eigenvalue weighted by molar-refractivity contribution is 5.06. The summed E-state index contributed by atoms with van der Waals surface area (Å²) in [5.41, 5.74) is -0.425. The molecule has 1 saturated heterocycles. The van der Waals surface area contributed by atoms with Gasteiger partial charge in [-0.1, -0.05) is 13.8 Å². The van der Waals surface area contributed by atoms with E-state index in [-0.39, 0.29) is 0 Å². The van der Waals surface area contributed by atoms with Gasteiger partial charge in [0.15, 0.2) is 0 Å². The lowest BCUT2D eigenvalue weighted by atomic mass is 9.90. The van der Waals surface area contributed by atoms with Crippen molar-refractivity contribution in [1.82, 2.24) is 5.32 Å². The van der Waals surface area contributed by atoms with Crippen LogP contribution in [-0.4, -0.2) is 24.8 Å². The van der Waals surface area contributed by atoms with E-state index in [4.69, 9.17) is 10.00 Å². The van der Waals surface area contributed by atoms with Gasteiger partial charge in [0.05, 0.1) is 12.2 Å². The van der Waals surface area contributed by atoms with Gasteiger partial charge in [0, 0.05) is 13.2 Å². The molecule has 0 spiro atoms. The van der Waals surface area contributed by atoms with Crippen molar-refractivity contribution >= 4 is 0 Å². The Balaban J connectivity index is 2.37. The van der Waals surface area contributed by atoms with Crippen molar-refractivity contribution in [2.45, 2.75) is 45.3 Å². The van der Waals surface area contributed by atoms with Gasteiger partial charge < -0.3 is 4.74 Å². The van der Waals surface area contributed by atoms with Crippen LogP contribution in [0.1, 0.15) is 33.6 Å². The van der Waals surface area contributed by atoms with Gasteiger partial charge in [0.2, 0.25) is 0 Å². The predicted octanol–water partition coefficient (Wildman–Crippen LogP) is 1.69. The minimum Gasteiger partial charge on any atom is -0.377 e. The molecule has 1 N–H and O–H groups in total. The van der Waals surface area contributed by atoms with Crippen LogP contribution >= 0.6 is 0 Å². The summed E-state index contributed by atoms with van der Waals surface area (Å²) >= 11 is 0. The van der Waals surface area contributed by atoms with Crippen LogP contribution in [0, 0.1) is 17.2 Å². The SMILES string of the molecule is CC(C)C(C)(C#N)NCC1CCCO1. The first-order valence-corrected chi connectivity index (χ1v) is 5.36. The first kappa shape index (κ1) is 11.5. The van der Waals surface area contributed by atoms with Gasteiger partial charge in [-0.25, -0.2) is 0 Å². The monoisotopic (exact) mass is 196 g/mol. The van der Waals surface area contributed by atoms with E-state index in [0.717, 1.165) is 26.0 Å². The molecule has 1 heterocycles. The highest BCUT2D eigenvalue weighted by Gasteiger charge is 2.29. The molecule has 2 atom stereocenters. The normalized spacial score (nSPS) is 26.1. The molecule has 1 rings (SSSR count). The first-order valence-electron chi connectivity index (χ1n) is 5.36. The smallest absolute Gasteiger partial charge is 0.106 e. The van der Waals surface area contributed by atoms with E-state index in [9.17, 15) is 0 Å². The zero-order valence-corrected chi connectivity index (χ0v) is 9.34. The van der Waals surface area contributed by atoms with Gasteiger partial charge in [-0.3, -0.25) is 5.32 Å². The van der Waals surface area contributed by atoms with E-state index < -0.39 is 5.54 Å². The maximum Gasteiger partial charge on any atom is 0.106 e. The van der Waals surface area contributed by atoms with Crippen LogP contribution in [0.3, 0.4) is 0 Å². The molecule has 0 amide bonds. The maximum absolute atomic E-state index is 9.08. The molecule has 0 radical (unpaired) electrons. The second-order valence-corrected chi connectivity index (χ2v) is 4.48. The van der Waals surface area contributed by atoms with E-state index in [1.807, 2.05) is 6.92 Å². The van der Waals surface area contributed by atoms with Crippen molar-refractivity contribution in [3.8, 4) is 6.07 Å². The van der Waals surface area contributed by atoms with Crippen LogP contribution in [0.25, 0.3) is 0 Å². The average Bonchev–Trinajstić information content (AvgIpc) is 2.66. The van der Waals surface area contributed by atoms with Crippen molar-refractivity contribution in [3.63, 3.8) is 0 Å². The summed E-state index contributed by atoms with van der Waals surface area (Å²) in [6.07, 6.45) is 2.57. The fraction of sp³-hybridized carbons (Fsp3) is 0.909. The van der Waals surface area contributed by atoms with Gasteiger partial charge in [-0.05, 0) is 25.7 Å².